The van der Waals surface area contributed by atoms with Crippen molar-refractivity contribution in [3.05, 3.63) is 29.8 Å². The van der Waals surface area contributed by atoms with E-state index in [1.165, 1.54) is 11.8 Å². The highest BCUT2D eigenvalue weighted by Gasteiger charge is 2.36. The maximum atomic E-state index is 12.9. The van der Waals surface area contributed by atoms with Crippen LogP contribution < -0.4 is 0 Å². The summed E-state index contributed by atoms with van der Waals surface area (Å²) in [4.78, 5) is 29.0. The Kier molecular flexibility index (Phi) is 6.43. The molecule has 0 aromatic heterocycles. The first-order valence-electron chi connectivity index (χ1n) is 8.24. The Morgan fingerprint density at radius 3 is 2.25 bits per heavy atom. The highest BCUT2D eigenvalue weighted by Crippen LogP contribution is 2.24. The van der Waals surface area contributed by atoms with Gasteiger partial charge in [0.05, 0.1) is 12.0 Å². The number of rotatable bonds is 7. The molecule has 0 aliphatic carbocycles. The molecule has 0 unspecified atom stereocenters. The molecule has 1 heterocycles. The molecule has 1 saturated heterocycles. The summed E-state index contributed by atoms with van der Waals surface area (Å²) in [5.74, 6) is -0.118. The van der Waals surface area contributed by atoms with Crippen molar-refractivity contribution in [1.82, 2.24) is 9.80 Å². The molecule has 1 aromatic rings. The zero-order chi connectivity index (χ0) is 17.7. The molecule has 0 atom stereocenters. The molecule has 0 radical (unpaired) electrons. The van der Waals surface area contributed by atoms with Crippen molar-refractivity contribution in [2.45, 2.75) is 30.7 Å². The number of nitrogens with zero attached hydrogens (tertiary/aromatic N) is 2. The highest BCUT2D eigenvalue weighted by atomic mass is 32.2. The average molecular weight is 350 g/mol. The maximum Gasteiger partial charge on any atom is 0.304 e. The van der Waals surface area contributed by atoms with Gasteiger partial charge in [-0.05, 0) is 33.0 Å². The van der Waals surface area contributed by atoms with Crippen LogP contribution in [0.1, 0.15) is 30.6 Å². The SMILES string of the molecule is CN1CCN(C(C)(C)C(=O)c2ccc(SCCC(=O)O)cc2)CC1. The van der Waals surface area contributed by atoms with E-state index in [0.29, 0.717) is 11.3 Å². The van der Waals surface area contributed by atoms with Crippen molar-refractivity contribution in [3.8, 4) is 0 Å². The molecule has 1 fully saturated rings. The van der Waals surface area contributed by atoms with Crippen LogP contribution in [0, 0.1) is 0 Å². The number of aliphatic carboxylic acids is 1. The third kappa shape index (κ3) is 4.82. The molecule has 1 aliphatic heterocycles. The van der Waals surface area contributed by atoms with Crippen molar-refractivity contribution in [1.29, 1.82) is 0 Å². The lowest BCUT2D eigenvalue weighted by Gasteiger charge is -2.42. The van der Waals surface area contributed by atoms with Gasteiger partial charge >= 0.3 is 5.97 Å². The lowest BCUT2D eigenvalue weighted by Crippen LogP contribution is -2.57. The van der Waals surface area contributed by atoms with Gasteiger partial charge in [0.25, 0.3) is 0 Å². The first-order valence-corrected chi connectivity index (χ1v) is 9.22. The lowest BCUT2D eigenvalue weighted by molar-refractivity contribution is -0.136. The van der Waals surface area contributed by atoms with E-state index in [-0.39, 0.29) is 12.2 Å². The van der Waals surface area contributed by atoms with Crippen LogP contribution in [0.3, 0.4) is 0 Å². The van der Waals surface area contributed by atoms with Gasteiger partial charge in [0.15, 0.2) is 5.78 Å². The van der Waals surface area contributed by atoms with E-state index in [1.54, 1.807) is 0 Å². The third-order valence-electron chi connectivity index (χ3n) is 4.55. The molecule has 6 heteroatoms. The molecule has 0 amide bonds. The fourth-order valence-electron chi connectivity index (χ4n) is 2.82. The van der Waals surface area contributed by atoms with E-state index < -0.39 is 11.5 Å². The van der Waals surface area contributed by atoms with E-state index in [9.17, 15) is 9.59 Å². The molecule has 1 aliphatic rings. The fourth-order valence-corrected chi connectivity index (χ4v) is 3.66. The monoisotopic (exact) mass is 350 g/mol. The van der Waals surface area contributed by atoms with Crippen LogP contribution in [-0.2, 0) is 4.79 Å². The Morgan fingerprint density at radius 1 is 1.12 bits per heavy atom. The van der Waals surface area contributed by atoms with Gasteiger partial charge in [0.1, 0.15) is 0 Å². The van der Waals surface area contributed by atoms with E-state index in [1.807, 2.05) is 38.1 Å². The van der Waals surface area contributed by atoms with Crippen LogP contribution in [0.2, 0.25) is 0 Å². The number of thioether (sulfide) groups is 1. The molecular weight excluding hydrogens is 324 g/mol. The Balaban J connectivity index is 1.99. The summed E-state index contributed by atoms with van der Waals surface area (Å²) in [5, 5.41) is 8.67. The van der Waals surface area contributed by atoms with Crippen LogP contribution in [0.15, 0.2) is 29.2 Å². The van der Waals surface area contributed by atoms with Gasteiger partial charge in [-0.25, -0.2) is 0 Å². The molecule has 5 nitrogen and oxygen atoms in total. The van der Waals surface area contributed by atoms with Crippen molar-refractivity contribution < 1.29 is 14.7 Å². The number of likely N-dealkylation sites (N-methyl/N-ethyl adjacent to an activating group) is 1. The second kappa shape index (κ2) is 8.14. The first-order chi connectivity index (χ1) is 11.3. The molecule has 0 bridgehead atoms. The minimum absolute atomic E-state index is 0.133. The number of ketones is 1. The summed E-state index contributed by atoms with van der Waals surface area (Å²) in [6.07, 6.45) is 0.141. The number of benzene rings is 1. The molecule has 0 saturated carbocycles. The maximum absolute atomic E-state index is 12.9. The van der Waals surface area contributed by atoms with Crippen molar-refractivity contribution in [3.63, 3.8) is 0 Å². The summed E-state index contributed by atoms with van der Waals surface area (Å²) < 4.78 is 0. The first kappa shape index (κ1) is 19.0. The Labute approximate surface area is 148 Å². The number of hydrogen-bond acceptors (Lipinski definition) is 5. The number of carboxylic acids is 1. The molecule has 2 rings (SSSR count). The summed E-state index contributed by atoms with van der Waals surface area (Å²) in [7, 11) is 2.10. The molecule has 1 N–H and O–H groups in total. The lowest BCUT2D eigenvalue weighted by atomic mass is 9.90. The summed E-state index contributed by atoms with van der Waals surface area (Å²) >= 11 is 1.50. The van der Waals surface area contributed by atoms with Crippen molar-refractivity contribution >= 4 is 23.5 Å². The number of piperazine rings is 1. The quantitative estimate of drug-likeness (QED) is 0.602. The van der Waals surface area contributed by atoms with Crippen LogP contribution in [0.5, 0.6) is 0 Å². The minimum atomic E-state index is -0.789. The van der Waals surface area contributed by atoms with Crippen molar-refractivity contribution in [2.24, 2.45) is 0 Å². The molecule has 24 heavy (non-hydrogen) atoms. The van der Waals surface area contributed by atoms with Crippen LogP contribution >= 0.6 is 11.8 Å². The van der Waals surface area contributed by atoms with Crippen molar-refractivity contribution in [2.75, 3.05) is 39.0 Å². The Hall–Kier alpha value is -1.37. The molecule has 1 aromatic carbocycles. The number of carboxylic acid groups (broad SMARTS) is 1. The Morgan fingerprint density at radius 2 is 1.71 bits per heavy atom. The molecular formula is C18H26N2O3S. The molecule has 0 spiro atoms. The predicted octanol–water partition coefficient (Wildman–Crippen LogP) is 2.46. The van der Waals surface area contributed by atoms with E-state index in [2.05, 4.69) is 16.8 Å². The van der Waals surface area contributed by atoms with Crippen LogP contribution in [-0.4, -0.2) is 71.2 Å². The van der Waals surface area contributed by atoms with E-state index >= 15 is 0 Å². The van der Waals surface area contributed by atoms with Gasteiger partial charge in [-0.1, -0.05) is 12.1 Å². The molecule has 132 valence electrons. The number of Topliss-reactive ketones (excluding diaryl/α,β-unsaturated/α-hetero) is 1. The topological polar surface area (TPSA) is 60.9 Å². The van der Waals surface area contributed by atoms with E-state index in [4.69, 9.17) is 5.11 Å². The second-order valence-electron chi connectivity index (χ2n) is 6.70. The number of carbonyl (C=O) groups excluding carboxylic acids is 1. The van der Waals surface area contributed by atoms with Gasteiger partial charge < -0.3 is 10.0 Å². The minimum Gasteiger partial charge on any atom is -0.481 e. The normalized spacial score (nSPS) is 17.0. The van der Waals surface area contributed by atoms with Gasteiger partial charge in [0.2, 0.25) is 0 Å². The standard InChI is InChI=1S/C18H26N2O3S/c1-18(2,20-11-9-19(3)10-12-20)17(23)14-4-6-15(7-5-14)24-13-8-16(21)22/h4-7H,8-13H2,1-3H3,(H,21,22). The summed E-state index contributed by atoms with van der Waals surface area (Å²) in [6.45, 7) is 7.76. The van der Waals surface area contributed by atoms with Gasteiger partial charge in [0, 0.05) is 42.4 Å². The Bertz CT molecular complexity index is 578. The zero-order valence-electron chi connectivity index (χ0n) is 14.6. The third-order valence-corrected chi connectivity index (χ3v) is 5.56. The van der Waals surface area contributed by atoms with E-state index in [0.717, 1.165) is 31.1 Å². The predicted molar refractivity (Wildman–Crippen MR) is 96.9 cm³/mol. The average Bonchev–Trinajstić information content (AvgIpc) is 2.55. The smallest absolute Gasteiger partial charge is 0.304 e. The van der Waals surface area contributed by atoms with Gasteiger partial charge in [-0.2, -0.15) is 0 Å². The van der Waals surface area contributed by atoms with Gasteiger partial charge in [-0.3, -0.25) is 14.5 Å². The highest BCUT2D eigenvalue weighted by molar-refractivity contribution is 7.99. The summed E-state index contributed by atoms with van der Waals surface area (Å²) in [5.41, 5.74) is 0.195. The zero-order valence-corrected chi connectivity index (χ0v) is 15.4. The fraction of sp³-hybridized carbons (Fsp3) is 0.556. The summed E-state index contributed by atoms with van der Waals surface area (Å²) in [6, 6.07) is 7.51. The van der Waals surface area contributed by atoms with Crippen LogP contribution in [0.4, 0.5) is 0 Å². The van der Waals surface area contributed by atoms with Gasteiger partial charge in [-0.15, -0.1) is 11.8 Å². The number of carbonyl (C=O) groups is 2. The number of hydrogen-bond donors (Lipinski definition) is 1. The second-order valence-corrected chi connectivity index (χ2v) is 7.86. The van der Waals surface area contributed by atoms with Crippen LogP contribution in [0.25, 0.3) is 0 Å². The largest absolute Gasteiger partial charge is 0.481 e.